The quantitative estimate of drug-likeness (QED) is 0.378. The summed E-state index contributed by atoms with van der Waals surface area (Å²) >= 11 is 0. The largest absolute Gasteiger partial charge is 0.444 e. The van der Waals surface area contributed by atoms with Crippen LogP contribution in [0.15, 0.2) is 39.9 Å². The third-order valence-corrected chi connectivity index (χ3v) is 5.27. The molecule has 0 saturated heterocycles. The third-order valence-electron chi connectivity index (χ3n) is 5.27. The van der Waals surface area contributed by atoms with Crippen LogP contribution < -0.4 is 10.6 Å². The molecule has 0 amide bonds. The zero-order valence-corrected chi connectivity index (χ0v) is 17.7. The van der Waals surface area contributed by atoms with Crippen molar-refractivity contribution in [2.75, 3.05) is 26.7 Å². The van der Waals surface area contributed by atoms with E-state index in [1.54, 1.807) is 13.3 Å². The van der Waals surface area contributed by atoms with Gasteiger partial charge < -0.3 is 19.8 Å². The fraction of sp³-hybridized carbons (Fsp3) is 0.565. The molecule has 0 atom stereocenters. The van der Waals surface area contributed by atoms with Crippen LogP contribution in [-0.2, 0) is 11.2 Å². The van der Waals surface area contributed by atoms with Crippen LogP contribution in [0, 0.1) is 6.92 Å². The van der Waals surface area contributed by atoms with Gasteiger partial charge in [-0.3, -0.25) is 4.99 Å². The number of guanidine groups is 1. The molecular weight excluding hydrogens is 364 g/mol. The Balaban J connectivity index is 1.31. The highest BCUT2D eigenvalue weighted by Crippen LogP contribution is 2.20. The Kier molecular flexibility index (Phi) is 8.56. The fourth-order valence-corrected chi connectivity index (χ4v) is 3.54. The summed E-state index contributed by atoms with van der Waals surface area (Å²) < 4.78 is 11.6. The van der Waals surface area contributed by atoms with Gasteiger partial charge in [-0.25, -0.2) is 4.98 Å². The fourth-order valence-electron chi connectivity index (χ4n) is 3.54. The molecule has 6 nitrogen and oxygen atoms in total. The number of nitrogens with zero attached hydrogens (tertiary/aromatic N) is 2. The average Bonchev–Trinajstić information content (AvgIpc) is 3.22. The van der Waals surface area contributed by atoms with Crippen molar-refractivity contribution in [2.24, 2.45) is 4.99 Å². The Hall–Kier alpha value is -2.34. The molecule has 29 heavy (non-hydrogen) atoms. The number of ether oxygens (including phenoxy) is 1. The van der Waals surface area contributed by atoms with E-state index in [0.717, 1.165) is 49.8 Å². The minimum atomic E-state index is 0.480. The molecule has 0 aliphatic heterocycles. The first-order valence-corrected chi connectivity index (χ1v) is 10.8. The normalized spacial score (nSPS) is 15.4. The molecule has 1 fully saturated rings. The Bertz CT molecular complexity index is 748. The Morgan fingerprint density at radius 1 is 1.14 bits per heavy atom. The highest BCUT2D eigenvalue weighted by atomic mass is 16.5. The Morgan fingerprint density at radius 3 is 2.66 bits per heavy atom. The second kappa shape index (κ2) is 11.6. The summed E-state index contributed by atoms with van der Waals surface area (Å²) in [7, 11) is 1.79. The molecule has 6 heteroatoms. The number of aromatic nitrogens is 1. The zero-order valence-electron chi connectivity index (χ0n) is 17.7. The van der Waals surface area contributed by atoms with Crippen LogP contribution in [0.25, 0.3) is 11.5 Å². The van der Waals surface area contributed by atoms with Gasteiger partial charge in [0.2, 0.25) is 5.89 Å². The number of oxazole rings is 1. The summed E-state index contributed by atoms with van der Waals surface area (Å²) in [6, 6.07) is 8.20. The zero-order chi connectivity index (χ0) is 20.3. The summed E-state index contributed by atoms with van der Waals surface area (Å²) in [5, 5.41) is 6.68. The lowest BCUT2D eigenvalue weighted by molar-refractivity contribution is 0.0277. The molecule has 1 aliphatic rings. The van der Waals surface area contributed by atoms with Crippen molar-refractivity contribution in [2.45, 2.75) is 58.0 Å². The van der Waals surface area contributed by atoms with E-state index in [0.29, 0.717) is 12.0 Å². The van der Waals surface area contributed by atoms with Gasteiger partial charge in [0.15, 0.2) is 5.96 Å². The predicted octanol–water partition coefficient (Wildman–Crippen LogP) is 4.10. The molecule has 0 spiro atoms. The minimum absolute atomic E-state index is 0.480. The smallest absolute Gasteiger partial charge is 0.226 e. The van der Waals surface area contributed by atoms with Gasteiger partial charge in [-0.15, -0.1) is 0 Å². The maximum absolute atomic E-state index is 5.96. The molecule has 1 aromatic carbocycles. The second-order valence-electron chi connectivity index (χ2n) is 7.67. The second-order valence-corrected chi connectivity index (χ2v) is 7.67. The van der Waals surface area contributed by atoms with Crippen molar-refractivity contribution in [3.63, 3.8) is 0 Å². The first kappa shape index (κ1) is 21.4. The first-order valence-electron chi connectivity index (χ1n) is 10.8. The van der Waals surface area contributed by atoms with Crippen LogP contribution in [-0.4, -0.2) is 43.8 Å². The molecule has 1 aromatic heterocycles. The predicted molar refractivity (Wildman–Crippen MR) is 117 cm³/mol. The Labute approximate surface area is 174 Å². The van der Waals surface area contributed by atoms with Crippen molar-refractivity contribution < 1.29 is 9.15 Å². The van der Waals surface area contributed by atoms with Gasteiger partial charge in [0.05, 0.1) is 11.8 Å². The van der Waals surface area contributed by atoms with Crippen molar-refractivity contribution in [3.05, 3.63) is 41.8 Å². The van der Waals surface area contributed by atoms with Gasteiger partial charge >= 0.3 is 0 Å². The summed E-state index contributed by atoms with van der Waals surface area (Å²) in [6.07, 6.45) is 10.4. The SMILES string of the molecule is CN=C(NCCCOC1CCCCC1)NCCc1coc(-c2ccc(C)cc2)n1. The van der Waals surface area contributed by atoms with E-state index in [2.05, 4.69) is 39.7 Å². The highest BCUT2D eigenvalue weighted by molar-refractivity contribution is 5.79. The van der Waals surface area contributed by atoms with Gasteiger partial charge in [-0.2, -0.15) is 0 Å². The molecule has 0 unspecified atom stereocenters. The number of hydrogen-bond donors (Lipinski definition) is 2. The number of hydrogen-bond acceptors (Lipinski definition) is 4. The van der Waals surface area contributed by atoms with Gasteiger partial charge in [-0.05, 0) is 38.3 Å². The van der Waals surface area contributed by atoms with E-state index >= 15 is 0 Å². The molecule has 1 heterocycles. The lowest BCUT2D eigenvalue weighted by Crippen LogP contribution is -2.39. The van der Waals surface area contributed by atoms with Crippen molar-refractivity contribution in [1.82, 2.24) is 15.6 Å². The van der Waals surface area contributed by atoms with E-state index in [9.17, 15) is 0 Å². The summed E-state index contributed by atoms with van der Waals surface area (Å²) in [5.74, 6) is 1.48. The molecule has 1 saturated carbocycles. The number of aryl methyl sites for hydroxylation is 1. The van der Waals surface area contributed by atoms with E-state index in [-0.39, 0.29) is 0 Å². The number of aliphatic imine (C=N–C) groups is 1. The topological polar surface area (TPSA) is 71.7 Å². The maximum atomic E-state index is 5.96. The van der Waals surface area contributed by atoms with Crippen LogP contribution in [0.1, 0.15) is 49.8 Å². The lowest BCUT2D eigenvalue weighted by Gasteiger charge is -2.22. The molecule has 1 aliphatic carbocycles. The molecule has 2 aromatic rings. The van der Waals surface area contributed by atoms with Crippen molar-refractivity contribution in [3.8, 4) is 11.5 Å². The molecule has 0 bridgehead atoms. The maximum Gasteiger partial charge on any atom is 0.226 e. The van der Waals surface area contributed by atoms with Gasteiger partial charge in [0.25, 0.3) is 0 Å². The van der Waals surface area contributed by atoms with Gasteiger partial charge in [0.1, 0.15) is 6.26 Å². The highest BCUT2D eigenvalue weighted by Gasteiger charge is 2.13. The van der Waals surface area contributed by atoms with Crippen LogP contribution in [0.5, 0.6) is 0 Å². The summed E-state index contributed by atoms with van der Waals surface area (Å²) in [6.45, 7) is 4.49. The molecule has 2 N–H and O–H groups in total. The van der Waals surface area contributed by atoms with Gasteiger partial charge in [-0.1, -0.05) is 37.0 Å². The molecular formula is C23H34N4O2. The van der Waals surface area contributed by atoms with Crippen LogP contribution in [0.4, 0.5) is 0 Å². The molecule has 0 radical (unpaired) electrons. The lowest BCUT2D eigenvalue weighted by atomic mass is 9.98. The standard InChI is InChI=1S/C23H34N4O2/c1-18-9-11-19(12-10-18)22-27-20(17-29-22)13-15-26-23(24-2)25-14-6-16-28-21-7-4-3-5-8-21/h9-12,17,21H,3-8,13-16H2,1-2H3,(H2,24,25,26). The number of benzene rings is 1. The molecule has 158 valence electrons. The monoisotopic (exact) mass is 398 g/mol. The van der Waals surface area contributed by atoms with E-state index in [1.165, 1.54) is 37.7 Å². The van der Waals surface area contributed by atoms with Crippen LogP contribution in [0.2, 0.25) is 0 Å². The Morgan fingerprint density at radius 2 is 1.90 bits per heavy atom. The number of nitrogens with one attached hydrogen (secondary N) is 2. The average molecular weight is 399 g/mol. The van der Waals surface area contributed by atoms with Crippen molar-refractivity contribution in [1.29, 1.82) is 0 Å². The van der Waals surface area contributed by atoms with E-state index in [4.69, 9.17) is 9.15 Å². The third kappa shape index (κ3) is 7.20. The first-order chi connectivity index (χ1) is 14.2. The molecule has 3 rings (SSSR count). The van der Waals surface area contributed by atoms with Crippen molar-refractivity contribution >= 4 is 5.96 Å². The summed E-state index contributed by atoms with van der Waals surface area (Å²) in [5.41, 5.74) is 3.16. The summed E-state index contributed by atoms with van der Waals surface area (Å²) in [4.78, 5) is 8.86. The number of rotatable bonds is 9. The van der Waals surface area contributed by atoms with Crippen LogP contribution >= 0.6 is 0 Å². The minimum Gasteiger partial charge on any atom is -0.444 e. The van der Waals surface area contributed by atoms with E-state index in [1.807, 2.05) is 12.1 Å². The van der Waals surface area contributed by atoms with E-state index < -0.39 is 0 Å². The van der Waals surface area contributed by atoms with Gasteiger partial charge in [0, 0.05) is 38.7 Å². The van der Waals surface area contributed by atoms with Crippen LogP contribution in [0.3, 0.4) is 0 Å².